The van der Waals surface area contributed by atoms with Gasteiger partial charge in [-0.2, -0.15) is 5.10 Å². The maximum absolute atomic E-state index is 12.3. The van der Waals surface area contributed by atoms with E-state index < -0.39 is 0 Å². The van der Waals surface area contributed by atoms with E-state index in [0.717, 1.165) is 42.7 Å². The molecule has 0 aliphatic heterocycles. The molecule has 4 nitrogen and oxygen atoms in total. The molecule has 0 aromatic heterocycles. The fourth-order valence-corrected chi connectivity index (χ4v) is 4.40. The van der Waals surface area contributed by atoms with Crippen molar-refractivity contribution in [1.82, 2.24) is 5.43 Å². The lowest BCUT2D eigenvalue weighted by atomic mass is 9.97. The van der Waals surface area contributed by atoms with Gasteiger partial charge in [-0.15, -0.1) is 0 Å². The fourth-order valence-electron chi connectivity index (χ4n) is 3.61. The maximum atomic E-state index is 12.3. The molecular weight excluding hydrogens is 440 g/mol. The average molecular weight is 461 g/mol. The first-order valence-corrected chi connectivity index (χ1v) is 10.4. The molecule has 0 saturated carbocycles. The molecule has 0 fully saturated rings. The highest BCUT2D eigenvalue weighted by Gasteiger charge is 2.09. The molecule has 0 radical (unpaired) electrons. The molecule has 0 unspecified atom stereocenters. The number of ether oxygens (including phenoxy) is 1. The number of amides is 1. The summed E-state index contributed by atoms with van der Waals surface area (Å²) in [5.74, 6) is 0.349. The van der Waals surface area contributed by atoms with Crippen LogP contribution in [0.15, 0.2) is 76.3 Å². The monoisotopic (exact) mass is 460 g/mol. The maximum Gasteiger partial charge on any atom is 0.277 e. The quantitative estimate of drug-likeness (QED) is 0.229. The van der Waals surface area contributed by atoms with Gasteiger partial charge in [0.15, 0.2) is 6.61 Å². The molecule has 0 saturated heterocycles. The second-order valence-corrected chi connectivity index (χ2v) is 8.06. The average Bonchev–Trinajstić information content (AvgIpc) is 2.72. The van der Waals surface area contributed by atoms with Crippen molar-refractivity contribution in [3.05, 3.63) is 87.9 Å². The molecular formula is C25H21BrN2O2. The van der Waals surface area contributed by atoms with E-state index in [9.17, 15) is 4.79 Å². The molecule has 0 bridgehead atoms. The summed E-state index contributed by atoms with van der Waals surface area (Å²) in [6.45, 7) is 3.85. The minimum atomic E-state index is -0.317. The van der Waals surface area contributed by atoms with Crippen molar-refractivity contribution in [3.8, 4) is 5.75 Å². The number of carbonyl (C=O) groups is 1. The lowest BCUT2D eigenvalue weighted by Crippen LogP contribution is -2.24. The predicted octanol–water partition coefficient (Wildman–Crippen LogP) is 5.90. The van der Waals surface area contributed by atoms with Gasteiger partial charge in [-0.25, -0.2) is 5.43 Å². The molecule has 150 valence electrons. The Kier molecular flexibility index (Phi) is 5.81. The number of hydrogen-bond acceptors (Lipinski definition) is 3. The van der Waals surface area contributed by atoms with Crippen LogP contribution in [0.4, 0.5) is 0 Å². The Labute approximate surface area is 183 Å². The molecule has 30 heavy (non-hydrogen) atoms. The Bertz CT molecular complexity index is 1200. The summed E-state index contributed by atoms with van der Waals surface area (Å²) >= 11 is 3.49. The van der Waals surface area contributed by atoms with Crippen molar-refractivity contribution in [2.45, 2.75) is 13.8 Å². The van der Waals surface area contributed by atoms with Crippen LogP contribution < -0.4 is 10.2 Å². The third-order valence-electron chi connectivity index (χ3n) is 4.92. The van der Waals surface area contributed by atoms with E-state index in [1.165, 1.54) is 0 Å². The summed E-state index contributed by atoms with van der Waals surface area (Å²) < 4.78 is 6.53. The van der Waals surface area contributed by atoms with Gasteiger partial charge < -0.3 is 4.74 Å². The number of fused-ring (bicyclic) bond motifs is 2. The number of halogens is 1. The van der Waals surface area contributed by atoms with Crippen LogP contribution in [0.2, 0.25) is 0 Å². The zero-order chi connectivity index (χ0) is 21.1. The van der Waals surface area contributed by atoms with Gasteiger partial charge in [0.05, 0.1) is 10.7 Å². The topological polar surface area (TPSA) is 50.7 Å². The highest BCUT2D eigenvalue weighted by atomic mass is 79.9. The van der Waals surface area contributed by atoms with E-state index in [0.29, 0.717) is 5.75 Å². The number of benzene rings is 4. The Morgan fingerprint density at radius 3 is 2.27 bits per heavy atom. The normalized spacial score (nSPS) is 11.3. The van der Waals surface area contributed by atoms with Gasteiger partial charge in [0, 0.05) is 5.56 Å². The Morgan fingerprint density at radius 1 is 1.00 bits per heavy atom. The highest BCUT2D eigenvalue weighted by molar-refractivity contribution is 9.10. The Balaban J connectivity index is 1.52. The SMILES string of the molecule is Cc1cc(C)c(OCC(=O)NN=Cc2c3ccccc3cc3ccccc23)c(Br)c1. The Hall–Kier alpha value is -3.18. The zero-order valence-electron chi connectivity index (χ0n) is 16.8. The Morgan fingerprint density at radius 2 is 1.63 bits per heavy atom. The van der Waals surface area contributed by atoms with E-state index in [1.807, 2.05) is 50.2 Å². The summed E-state index contributed by atoms with van der Waals surface area (Å²) in [4.78, 5) is 12.3. The number of hydrazone groups is 1. The number of nitrogens with one attached hydrogen (secondary N) is 1. The van der Waals surface area contributed by atoms with Crippen molar-refractivity contribution >= 4 is 49.6 Å². The van der Waals surface area contributed by atoms with Crippen LogP contribution in [0.5, 0.6) is 5.75 Å². The van der Waals surface area contributed by atoms with Gasteiger partial charge in [-0.3, -0.25) is 4.79 Å². The lowest BCUT2D eigenvalue weighted by molar-refractivity contribution is -0.123. The minimum Gasteiger partial charge on any atom is -0.482 e. The van der Waals surface area contributed by atoms with Gasteiger partial charge in [0.25, 0.3) is 5.91 Å². The van der Waals surface area contributed by atoms with Crippen LogP contribution in [0.1, 0.15) is 16.7 Å². The van der Waals surface area contributed by atoms with Gasteiger partial charge in [-0.1, -0.05) is 54.6 Å². The first kappa shape index (κ1) is 20.1. The van der Waals surface area contributed by atoms with E-state index in [2.05, 4.69) is 56.8 Å². The van der Waals surface area contributed by atoms with Gasteiger partial charge in [0.1, 0.15) is 5.75 Å². The van der Waals surface area contributed by atoms with Crippen LogP contribution in [-0.2, 0) is 4.79 Å². The molecule has 1 N–H and O–H groups in total. The smallest absolute Gasteiger partial charge is 0.277 e. The summed E-state index contributed by atoms with van der Waals surface area (Å²) in [6.07, 6.45) is 1.70. The van der Waals surface area contributed by atoms with Crippen LogP contribution in [0.3, 0.4) is 0 Å². The van der Waals surface area contributed by atoms with E-state index >= 15 is 0 Å². The van der Waals surface area contributed by atoms with Gasteiger partial charge >= 0.3 is 0 Å². The van der Waals surface area contributed by atoms with Gasteiger partial charge in [-0.05, 0) is 74.6 Å². The fraction of sp³-hybridized carbons (Fsp3) is 0.120. The lowest BCUT2D eigenvalue weighted by Gasteiger charge is -2.11. The van der Waals surface area contributed by atoms with Crippen LogP contribution >= 0.6 is 15.9 Å². The molecule has 0 atom stereocenters. The van der Waals surface area contributed by atoms with Crippen molar-refractivity contribution in [2.75, 3.05) is 6.61 Å². The number of aryl methyl sites for hydroxylation is 2. The van der Waals surface area contributed by atoms with Gasteiger partial charge in [0.2, 0.25) is 0 Å². The molecule has 4 rings (SSSR count). The first-order valence-electron chi connectivity index (χ1n) is 9.65. The third-order valence-corrected chi connectivity index (χ3v) is 5.51. The zero-order valence-corrected chi connectivity index (χ0v) is 18.4. The molecule has 0 aliphatic carbocycles. The molecule has 4 aromatic carbocycles. The standard InChI is InChI=1S/C25H21BrN2O2/c1-16-11-17(2)25(23(26)12-16)30-15-24(29)28-27-14-22-20-9-5-3-7-18(20)13-19-8-4-6-10-21(19)22/h3-14H,15H2,1-2H3,(H,28,29). The molecule has 0 spiro atoms. The van der Waals surface area contributed by atoms with E-state index in [1.54, 1.807) is 6.21 Å². The molecule has 5 heteroatoms. The van der Waals surface area contributed by atoms with Crippen LogP contribution in [-0.4, -0.2) is 18.7 Å². The summed E-state index contributed by atoms with van der Waals surface area (Å²) in [7, 11) is 0. The van der Waals surface area contributed by atoms with Crippen LogP contribution in [0, 0.1) is 13.8 Å². The number of hydrogen-bond donors (Lipinski definition) is 1. The molecule has 4 aromatic rings. The van der Waals surface area contributed by atoms with Crippen molar-refractivity contribution in [2.24, 2.45) is 5.10 Å². The summed E-state index contributed by atoms with van der Waals surface area (Å²) in [5.41, 5.74) is 5.65. The largest absolute Gasteiger partial charge is 0.482 e. The summed E-state index contributed by atoms with van der Waals surface area (Å²) in [5, 5.41) is 8.64. The van der Waals surface area contributed by atoms with E-state index in [-0.39, 0.29) is 12.5 Å². The second-order valence-electron chi connectivity index (χ2n) is 7.21. The van der Waals surface area contributed by atoms with Crippen molar-refractivity contribution < 1.29 is 9.53 Å². The highest BCUT2D eigenvalue weighted by Crippen LogP contribution is 2.30. The van der Waals surface area contributed by atoms with Crippen molar-refractivity contribution in [1.29, 1.82) is 0 Å². The first-order chi connectivity index (χ1) is 14.5. The number of nitrogens with zero attached hydrogens (tertiary/aromatic N) is 1. The number of carbonyl (C=O) groups excluding carboxylic acids is 1. The number of rotatable bonds is 5. The molecule has 0 aliphatic rings. The summed E-state index contributed by atoms with van der Waals surface area (Å²) in [6, 6.07) is 22.5. The van der Waals surface area contributed by atoms with Crippen LogP contribution in [0.25, 0.3) is 21.5 Å². The second kappa shape index (κ2) is 8.67. The molecule has 1 amide bonds. The third kappa shape index (κ3) is 4.21. The predicted molar refractivity (Wildman–Crippen MR) is 126 cm³/mol. The molecule has 0 heterocycles. The van der Waals surface area contributed by atoms with Crippen molar-refractivity contribution in [3.63, 3.8) is 0 Å². The minimum absolute atomic E-state index is 0.115. The van der Waals surface area contributed by atoms with E-state index in [4.69, 9.17) is 4.74 Å².